The minimum absolute atomic E-state index is 0.232. The SMILES string of the molecule is Cc1cc(C(=O)Nc2ccc(C)c(Cl)c2)nc(Nc2ccc(C#N)cc2)n1. The van der Waals surface area contributed by atoms with Gasteiger partial charge < -0.3 is 10.6 Å². The number of hydrogen-bond donors (Lipinski definition) is 2. The fraction of sp³-hybridized carbons (Fsp3) is 0.100. The Morgan fingerprint density at radius 3 is 2.41 bits per heavy atom. The summed E-state index contributed by atoms with van der Waals surface area (Å²) in [5.41, 5.74) is 3.68. The van der Waals surface area contributed by atoms with Gasteiger partial charge in [-0.3, -0.25) is 4.79 Å². The molecule has 0 fully saturated rings. The minimum atomic E-state index is -0.358. The zero-order valence-electron chi connectivity index (χ0n) is 14.7. The molecule has 1 amide bonds. The topological polar surface area (TPSA) is 90.7 Å². The van der Waals surface area contributed by atoms with E-state index in [4.69, 9.17) is 16.9 Å². The third-order valence-electron chi connectivity index (χ3n) is 3.79. The first-order valence-corrected chi connectivity index (χ1v) is 8.53. The highest BCUT2D eigenvalue weighted by Crippen LogP contribution is 2.21. The number of nitrogens with zero attached hydrogens (tertiary/aromatic N) is 3. The Morgan fingerprint density at radius 1 is 1.04 bits per heavy atom. The van der Waals surface area contributed by atoms with Crippen molar-refractivity contribution in [2.24, 2.45) is 0 Å². The first kappa shape index (κ1) is 18.4. The summed E-state index contributed by atoms with van der Waals surface area (Å²) in [5, 5.41) is 15.3. The molecule has 2 N–H and O–H groups in total. The predicted molar refractivity (Wildman–Crippen MR) is 105 cm³/mol. The number of aromatic nitrogens is 2. The number of carbonyl (C=O) groups is 1. The number of benzene rings is 2. The molecule has 0 spiro atoms. The molecule has 0 aliphatic carbocycles. The Hall–Kier alpha value is -3.43. The molecule has 1 heterocycles. The predicted octanol–water partition coefficient (Wildman–Crippen LogP) is 4.61. The van der Waals surface area contributed by atoms with Crippen LogP contribution in [0.4, 0.5) is 17.3 Å². The van der Waals surface area contributed by atoms with Crippen molar-refractivity contribution in [3.8, 4) is 6.07 Å². The molecule has 7 heteroatoms. The van der Waals surface area contributed by atoms with Crippen LogP contribution in [0.15, 0.2) is 48.5 Å². The van der Waals surface area contributed by atoms with Gasteiger partial charge in [0.15, 0.2) is 0 Å². The van der Waals surface area contributed by atoms with E-state index in [1.54, 1.807) is 49.4 Å². The van der Waals surface area contributed by atoms with Crippen LogP contribution in [-0.4, -0.2) is 15.9 Å². The van der Waals surface area contributed by atoms with Crippen LogP contribution >= 0.6 is 11.6 Å². The number of amides is 1. The van der Waals surface area contributed by atoms with Gasteiger partial charge in [-0.05, 0) is 61.9 Å². The molecule has 0 saturated carbocycles. The number of nitriles is 1. The molecule has 27 heavy (non-hydrogen) atoms. The van der Waals surface area contributed by atoms with Gasteiger partial charge in [0.2, 0.25) is 5.95 Å². The molecule has 0 atom stereocenters. The van der Waals surface area contributed by atoms with Gasteiger partial charge in [0, 0.05) is 22.1 Å². The summed E-state index contributed by atoms with van der Waals surface area (Å²) < 4.78 is 0. The summed E-state index contributed by atoms with van der Waals surface area (Å²) in [6, 6.07) is 15.8. The number of rotatable bonds is 4. The number of anilines is 3. The van der Waals surface area contributed by atoms with Gasteiger partial charge in [-0.15, -0.1) is 0 Å². The lowest BCUT2D eigenvalue weighted by Crippen LogP contribution is -2.15. The Balaban J connectivity index is 1.80. The van der Waals surface area contributed by atoms with Crippen LogP contribution in [-0.2, 0) is 0 Å². The van der Waals surface area contributed by atoms with Crippen molar-refractivity contribution in [3.63, 3.8) is 0 Å². The summed E-state index contributed by atoms with van der Waals surface area (Å²) in [7, 11) is 0. The fourth-order valence-electron chi connectivity index (χ4n) is 2.36. The van der Waals surface area contributed by atoms with Gasteiger partial charge in [-0.25, -0.2) is 9.97 Å². The van der Waals surface area contributed by atoms with E-state index in [0.29, 0.717) is 27.9 Å². The molecule has 0 unspecified atom stereocenters. The standard InChI is InChI=1S/C20H16ClN5O/c1-12-3-6-16(10-17(12)21)24-19(27)18-9-13(2)23-20(26-18)25-15-7-4-14(11-22)5-8-15/h3-10H,1-2H3,(H,24,27)(H,23,25,26). The van der Waals surface area contributed by atoms with Crippen LogP contribution in [0.3, 0.4) is 0 Å². The molecule has 2 aromatic carbocycles. The maximum absolute atomic E-state index is 12.5. The van der Waals surface area contributed by atoms with Gasteiger partial charge >= 0.3 is 0 Å². The molecule has 0 aliphatic heterocycles. The molecule has 3 rings (SSSR count). The van der Waals surface area contributed by atoms with E-state index in [2.05, 4.69) is 26.7 Å². The summed E-state index contributed by atoms with van der Waals surface area (Å²) >= 11 is 6.10. The minimum Gasteiger partial charge on any atom is -0.324 e. The number of nitrogens with one attached hydrogen (secondary N) is 2. The molecule has 0 bridgehead atoms. The summed E-state index contributed by atoms with van der Waals surface area (Å²) in [4.78, 5) is 21.1. The van der Waals surface area contributed by atoms with Crippen LogP contribution in [0.1, 0.15) is 27.3 Å². The molecule has 0 aliphatic rings. The molecule has 0 saturated heterocycles. The lowest BCUT2D eigenvalue weighted by molar-refractivity contribution is 0.102. The average molecular weight is 378 g/mol. The Kier molecular flexibility index (Phi) is 5.34. The lowest BCUT2D eigenvalue weighted by atomic mass is 10.2. The second-order valence-electron chi connectivity index (χ2n) is 5.95. The fourth-order valence-corrected chi connectivity index (χ4v) is 2.54. The average Bonchev–Trinajstić information content (AvgIpc) is 2.65. The largest absolute Gasteiger partial charge is 0.324 e. The van der Waals surface area contributed by atoms with Gasteiger partial charge in [0.05, 0.1) is 11.6 Å². The van der Waals surface area contributed by atoms with E-state index in [1.165, 1.54) is 0 Å². The van der Waals surface area contributed by atoms with Gasteiger partial charge in [0.25, 0.3) is 5.91 Å². The van der Waals surface area contributed by atoms with E-state index in [0.717, 1.165) is 11.3 Å². The quantitative estimate of drug-likeness (QED) is 0.692. The number of hydrogen-bond acceptors (Lipinski definition) is 5. The van der Waals surface area contributed by atoms with Crippen molar-refractivity contribution in [2.45, 2.75) is 13.8 Å². The molecule has 134 valence electrons. The number of aryl methyl sites for hydroxylation is 2. The first-order chi connectivity index (χ1) is 12.9. The van der Waals surface area contributed by atoms with Crippen molar-refractivity contribution >= 4 is 34.8 Å². The zero-order chi connectivity index (χ0) is 19.4. The number of halogens is 1. The van der Waals surface area contributed by atoms with E-state index >= 15 is 0 Å². The first-order valence-electron chi connectivity index (χ1n) is 8.15. The van der Waals surface area contributed by atoms with Gasteiger partial charge in [0.1, 0.15) is 5.69 Å². The monoisotopic (exact) mass is 377 g/mol. The summed E-state index contributed by atoms with van der Waals surface area (Å²) in [6.07, 6.45) is 0. The smallest absolute Gasteiger partial charge is 0.274 e. The maximum atomic E-state index is 12.5. The highest BCUT2D eigenvalue weighted by molar-refractivity contribution is 6.31. The third kappa shape index (κ3) is 4.60. The summed E-state index contributed by atoms with van der Waals surface area (Å²) in [6.45, 7) is 3.67. The van der Waals surface area contributed by atoms with Crippen molar-refractivity contribution in [2.75, 3.05) is 10.6 Å². The normalized spacial score (nSPS) is 10.1. The van der Waals surface area contributed by atoms with Crippen molar-refractivity contribution in [1.29, 1.82) is 5.26 Å². The second-order valence-corrected chi connectivity index (χ2v) is 6.36. The van der Waals surface area contributed by atoms with Crippen molar-refractivity contribution < 1.29 is 4.79 Å². The molecule has 6 nitrogen and oxygen atoms in total. The second kappa shape index (κ2) is 7.85. The summed E-state index contributed by atoms with van der Waals surface area (Å²) in [5.74, 6) is -0.0601. The molecule has 3 aromatic rings. The third-order valence-corrected chi connectivity index (χ3v) is 4.19. The molecular weight excluding hydrogens is 362 g/mol. The van der Waals surface area contributed by atoms with Crippen LogP contribution in [0.2, 0.25) is 5.02 Å². The molecule has 0 radical (unpaired) electrons. The highest BCUT2D eigenvalue weighted by Gasteiger charge is 2.12. The Bertz CT molecular complexity index is 1040. The van der Waals surface area contributed by atoms with Crippen molar-refractivity contribution in [1.82, 2.24) is 9.97 Å². The maximum Gasteiger partial charge on any atom is 0.274 e. The van der Waals surface area contributed by atoms with E-state index in [-0.39, 0.29) is 11.6 Å². The van der Waals surface area contributed by atoms with E-state index in [9.17, 15) is 4.79 Å². The van der Waals surface area contributed by atoms with Crippen LogP contribution < -0.4 is 10.6 Å². The van der Waals surface area contributed by atoms with E-state index < -0.39 is 0 Å². The number of carbonyl (C=O) groups excluding carboxylic acids is 1. The van der Waals surface area contributed by atoms with Crippen LogP contribution in [0, 0.1) is 25.2 Å². The van der Waals surface area contributed by atoms with E-state index in [1.807, 2.05) is 13.0 Å². The van der Waals surface area contributed by atoms with Crippen LogP contribution in [0.5, 0.6) is 0 Å². The zero-order valence-corrected chi connectivity index (χ0v) is 15.5. The molecular formula is C20H16ClN5O. The van der Waals surface area contributed by atoms with Crippen LogP contribution in [0.25, 0.3) is 0 Å². The Morgan fingerprint density at radius 2 is 1.74 bits per heavy atom. The van der Waals surface area contributed by atoms with Crippen molar-refractivity contribution in [3.05, 3.63) is 76.1 Å². The Labute approximate surface area is 161 Å². The molecule has 1 aromatic heterocycles. The van der Waals surface area contributed by atoms with Gasteiger partial charge in [-0.2, -0.15) is 5.26 Å². The van der Waals surface area contributed by atoms with Gasteiger partial charge in [-0.1, -0.05) is 17.7 Å². The lowest BCUT2D eigenvalue weighted by Gasteiger charge is -2.09. The highest BCUT2D eigenvalue weighted by atomic mass is 35.5.